The van der Waals surface area contributed by atoms with Crippen molar-refractivity contribution < 1.29 is 23.1 Å². The van der Waals surface area contributed by atoms with Gasteiger partial charge in [0.1, 0.15) is 4.75 Å². The van der Waals surface area contributed by atoms with Gasteiger partial charge in [0.2, 0.25) is 0 Å². The molecule has 0 amide bonds. The van der Waals surface area contributed by atoms with E-state index in [1.807, 2.05) is 20.8 Å². The predicted molar refractivity (Wildman–Crippen MR) is 81.7 cm³/mol. The van der Waals surface area contributed by atoms with Gasteiger partial charge in [-0.2, -0.15) is 13.2 Å². The molecular weight excluding hydrogens is 301 g/mol. The molecule has 2 nitrogen and oxygen atoms in total. The fourth-order valence-electron chi connectivity index (χ4n) is 2.35. The Hall–Kier alpha value is -0.390. The van der Waals surface area contributed by atoms with E-state index in [0.29, 0.717) is 18.6 Å². The number of rotatable bonds is 11. The van der Waals surface area contributed by atoms with Gasteiger partial charge < -0.3 is 5.11 Å². The number of hydrogen-bond donors (Lipinski definition) is 1. The Kier molecular flexibility index (Phi) is 9.41. The highest BCUT2D eigenvalue weighted by atomic mass is 32.2. The molecule has 1 atom stereocenters. The lowest BCUT2D eigenvalue weighted by atomic mass is 9.90. The highest BCUT2D eigenvalue weighted by Crippen LogP contribution is 2.38. The molecule has 1 unspecified atom stereocenters. The normalized spacial score (nSPS) is 15.2. The standard InChI is InChI=1S/C15H27F3O2S/c1-4-9-14(12(2)3,13(19)20)21-11-8-6-5-7-10-15(16,17)18/h12H,4-11H2,1-3H3,(H,19,20). The Labute approximate surface area is 129 Å². The van der Waals surface area contributed by atoms with Crippen LogP contribution in [0.3, 0.4) is 0 Å². The molecule has 0 aromatic heterocycles. The number of aliphatic carboxylic acids is 1. The van der Waals surface area contributed by atoms with Gasteiger partial charge in [-0.1, -0.05) is 40.0 Å². The second kappa shape index (κ2) is 9.59. The minimum Gasteiger partial charge on any atom is -0.480 e. The molecule has 0 aromatic rings. The smallest absolute Gasteiger partial charge is 0.389 e. The number of carboxylic acid groups (broad SMARTS) is 1. The first-order valence-corrected chi connectivity index (χ1v) is 8.58. The molecule has 0 fully saturated rings. The van der Waals surface area contributed by atoms with Gasteiger partial charge in [-0.15, -0.1) is 11.8 Å². The van der Waals surface area contributed by atoms with E-state index in [1.54, 1.807) is 0 Å². The van der Waals surface area contributed by atoms with Gasteiger partial charge in [-0.05, 0) is 30.9 Å². The van der Waals surface area contributed by atoms with Gasteiger partial charge in [-0.25, -0.2) is 0 Å². The van der Waals surface area contributed by atoms with Crippen LogP contribution < -0.4 is 0 Å². The second-order valence-electron chi connectivity index (χ2n) is 5.73. The van der Waals surface area contributed by atoms with Crippen LogP contribution in [0, 0.1) is 5.92 Å². The molecule has 0 saturated carbocycles. The molecular formula is C15H27F3O2S. The third-order valence-electron chi connectivity index (χ3n) is 3.63. The number of hydrogen-bond acceptors (Lipinski definition) is 2. The molecule has 6 heteroatoms. The van der Waals surface area contributed by atoms with E-state index < -0.39 is 23.3 Å². The highest BCUT2D eigenvalue weighted by Gasteiger charge is 2.41. The van der Waals surface area contributed by atoms with Crippen LogP contribution in [-0.2, 0) is 4.79 Å². The van der Waals surface area contributed by atoms with Crippen LogP contribution in [0.25, 0.3) is 0 Å². The van der Waals surface area contributed by atoms with E-state index in [1.165, 1.54) is 11.8 Å². The molecule has 0 rings (SSSR count). The van der Waals surface area contributed by atoms with E-state index >= 15 is 0 Å². The summed E-state index contributed by atoms with van der Waals surface area (Å²) in [6.45, 7) is 5.80. The number of unbranched alkanes of at least 4 members (excludes halogenated alkanes) is 3. The van der Waals surface area contributed by atoms with Crippen LogP contribution in [0.4, 0.5) is 13.2 Å². The molecule has 0 heterocycles. The van der Waals surface area contributed by atoms with Gasteiger partial charge in [0.25, 0.3) is 0 Å². The molecule has 0 aliphatic carbocycles. The molecule has 21 heavy (non-hydrogen) atoms. The summed E-state index contributed by atoms with van der Waals surface area (Å²) in [4.78, 5) is 11.6. The first kappa shape index (κ1) is 20.6. The van der Waals surface area contributed by atoms with Crippen LogP contribution in [-0.4, -0.2) is 27.8 Å². The lowest BCUT2D eigenvalue weighted by molar-refractivity contribution is -0.141. The van der Waals surface area contributed by atoms with Crippen molar-refractivity contribution in [2.75, 3.05) is 5.75 Å². The quantitative estimate of drug-likeness (QED) is 0.508. The number of carbonyl (C=O) groups is 1. The van der Waals surface area contributed by atoms with E-state index in [4.69, 9.17) is 0 Å². The summed E-state index contributed by atoms with van der Waals surface area (Å²) >= 11 is 1.45. The molecule has 1 N–H and O–H groups in total. The molecule has 0 aliphatic heterocycles. The number of halogens is 3. The fourth-order valence-corrected chi connectivity index (χ4v) is 3.87. The predicted octanol–water partition coefficient (Wildman–Crippen LogP) is 5.51. The summed E-state index contributed by atoms with van der Waals surface area (Å²) in [5.41, 5.74) is 0. The van der Waals surface area contributed by atoms with E-state index in [0.717, 1.165) is 19.3 Å². The van der Waals surface area contributed by atoms with Crippen molar-refractivity contribution in [2.24, 2.45) is 5.92 Å². The zero-order valence-electron chi connectivity index (χ0n) is 13.1. The van der Waals surface area contributed by atoms with Crippen molar-refractivity contribution in [3.63, 3.8) is 0 Å². The summed E-state index contributed by atoms with van der Waals surface area (Å²) < 4.78 is 35.2. The Morgan fingerprint density at radius 1 is 1.10 bits per heavy atom. The Balaban J connectivity index is 4.08. The van der Waals surface area contributed by atoms with Gasteiger partial charge in [0.15, 0.2) is 0 Å². The fraction of sp³-hybridized carbons (Fsp3) is 0.933. The first-order valence-electron chi connectivity index (χ1n) is 7.60. The Morgan fingerprint density at radius 3 is 2.10 bits per heavy atom. The summed E-state index contributed by atoms with van der Waals surface area (Å²) in [6.07, 6.45) is -1.14. The minimum absolute atomic E-state index is 0.0326. The summed E-state index contributed by atoms with van der Waals surface area (Å²) in [6, 6.07) is 0. The maximum Gasteiger partial charge on any atom is 0.389 e. The SMILES string of the molecule is CCCC(SCCCCCCC(F)(F)F)(C(=O)O)C(C)C. The molecule has 0 aromatic carbocycles. The number of carboxylic acids is 1. The largest absolute Gasteiger partial charge is 0.480 e. The topological polar surface area (TPSA) is 37.3 Å². The van der Waals surface area contributed by atoms with Crippen LogP contribution >= 0.6 is 11.8 Å². The van der Waals surface area contributed by atoms with E-state index in [-0.39, 0.29) is 12.3 Å². The van der Waals surface area contributed by atoms with Crippen LogP contribution in [0.1, 0.15) is 65.7 Å². The van der Waals surface area contributed by atoms with Crippen molar-refractivity contribution in [3.05, 3.63) is 0 Å². The van der Waals surface area contributed by atoms with Crippen molar-refractivity contribution >= 4 is 17.7 Å². The number of alkyl halides is 3. The average molecular weight is 328 g/mol. The lowest BCUT2D eigenvalue weighted by Gasteiger charge is -2.32. The highest BCUT2D eigenvalue weighted by molar-refractivity contribution is 8.01. The second-order valence-corrected chi connectivity index (χ2v) is 7.15. The summed E-state index contributed by atoms with van der Waals surface area (Å²) in [5, 5.41) is 9.51. The van der Waals surface area contributed by atoms with Crippen LogP contribution in [0.15, 0.2) is 0 Å². The summed E-state index contributed by atoms with van der Waals surface area (Å²) in [5.74, 6) is -0.0529. The molecule has 0 aliphatic rings. The lowest BCUT2D eigenvalue weighted by Crippen LogP contribution is -2.40. The van der Waals surface area contributed by atoms with Crippen LogP contribution in [0.2, 0.25) is 0 Å². The third-order valence-corrected chi connectivity index (χ3v) is 5.49. The molecule has 0 radical (unpaired) electrons. The van der Waals surface area contributed by atoms with Gasteiger partial charge in [-0.3, -0.25) is 4.79 Å². The van der Waals surface area contributed by atoms with Crippen molar-refractivity contribution in [1.82, 2.24) is 0 Å². The molecule has 0 bridgehead atoms. The summed E-state index contributed by atoms with van der Waals surface area (Å²) in [7, 11) is 0. The molecule has 0 saturated heterocycles. The van der Waals surface area contributed by atoms with Crippen LogP contribution in [0.5, 0.6) is 0 Å². The van der Waals surface area contributed by atoms with Gasteiger partial charge in [0, 0.05) is 6.42 Å². The zero-order chi connectivity index (χ0) is 16.5. The first-order chi connectivity index (χ1) is 9.65. The average Bonchev–Trinajstić information content (AvgIpc) is 2.34. The maximum atomic E-state index is 12.0. The van der Waals surface area contributed by atoms with Crippen molar-refractivity contribution in [1.29, 1.82) is 0 Å². The van der Waals surface area contributed by atoms with E-state index in [2.05, 4.69) is 0 Å². The maximum absolute atomic E-state index is 12.0. The zero-order valence-corrected chi connectivity index (χ0v) is 13.9. The van der Waals surface area contributed by atoms with Crippen molar-refractivity contribution in [2.45, 2.75) is 76.6 Å². The Bertz CT molecular complexity index is 306. The van der Waals surface area contributed by atoms with Gasteiger partial charge in [0.05, 0.1) is 0 Å². The third kappa shape index (κ3) is 7.98. The monoisotopic (exact) mass is 328 g/mol. The Morgan fingerprint density at radius 2 is 1.67 bits per heavy atom. The number of thioether (sulfide) groups is 1. The van der Waals surface area contributed by atoms with E-state index in [9.17, 15) is 23.1 Å². The minimum atomic E-state index is -4.06. The molecule has 126 valence electrons. The van der Waals surface area contributed by atoms with Gasteiger partial charge >= 0.3 is 12.1 Å². The molecule has 0 spiro atoms. The van der Waals surface area contributed by atoms with Crippen molar-refractivity contribution in [3.8, 4) is 0 Å².